The number of nitrogens with zero attached hydrogens (tertiary/aromatic N) is 2. The third-order valence-electron chi connectivity index (χ3n) is 3.96. The number of carbonyl (C=O) groups is 1. The van der Waals surface area contributed by atoms with Crippen molar-refractivity contribution in [3.8, 4) is 0 Å². The normalized spacial score (nSPS) is 14.2. The highest BCUT2D eigenvalue weighted by Crippen LogP contribution is 2.28. The van der Waals surface area contributed by atoms with Gasteiger partial charge in [0.05, 0.1) is 4.92 Å². The van der Waals surface area contributed by atoms with Crippen molar-refractivity contribution < 1.29 is 9.72 Å². The predicted molar refractivity (Wildman–Crippen MR) is 88.7 cm³/mol. The molecule has 2 aromatic carbocycles. The quantitative estimate of drug-likeness (QED) is 0.695. The van der Waals surface area contributed by atoms with Gasteiger partial charge in [-0.2, -0.15) is 0 Å². The molecule has 0 unspecified atom stereocenters. The zero-order valence-corrected chi connectivity index (χ0v) is 12.7. The molecule has 0 aliphatic carbocycles. The van der Waals surface area contributed by atoms with Gasteiger partial charge in [-0.3, -0.25) is 14.9 Å². The van der Waals surface area contributed by atoms with Crippen molar-refractivity contribution in [3.63, 3.8) is 0 Å². The Morgan fingerprint density at radius 1 is 1.26 bits per heavy atom. The van der Waals surface area contributed by atoms with Crippen LogP contribution in [-0.2, 0) is 11.2 Å². The molecule has 0 saturated carbocycles. The molecule has 0 aromatic heterocycles. The van der Waals surface area contributed by atoms with Gasteiger partial charge in [-0.1, -0.05) is 24.3 Å². The number of carbonyl (C=O) groups excluding carboxylic acids is 1. The lowest BCUT2D eigenvalue weighted by atomic mass is 10.2. The minimum absolute atomic E-state index is 0.00108. The maximum absolute atomic E-state index is 12.7. The SMILES string of the molecule is C[C@@H](Nc1cccc([N+](=O)[O-])c1)C(=O)N1CCc2ccccc21. The van der Waals surface area contributed by atoms with E-state index in [1.54, 1.807) is 24.0 Å². The van der Waals surface area contributed by atoms with E-state index in [1.165, 1.54) is 17.7 Å². The van der Waals surface area contributed by atoms with Crippen LogP contribution in [0.15, 0.2) is 48.5 Å². The van der Waals surface area contributed by atoms with Crippen LogP contribution in [0.4, 0.5) is 17.1 Å². The molecule has 0 bridgehead atoms. The first kappa shape index (κ1) is 15.0. The molecule has 1 amide bonds. The number of benzene rings is 2. The Labute approximate surface area is 133 Å². The van der Waals surface area contributed by atoms with Gasteiger partial charge >= 0.3 is 0 Å². The Kier molecular flexibility index (Phi) is 3.97. The average molecular weight is 311 g/mol. The summed E-state index contributed by atoms with van der Waals surface area (Å²) in [6.07, 6.45) is 0.853. The topological polar surface area (TPSA) is 75.5 Å². The third kappa shape index (κ3) is 3.01. The van der Waals surface area contributed by atoms with Gasteiger partial charge < -0.3 is 10.2 Å². The molecule has 0 saturated heterocycles. The number of para-hydroxylation sites is 1. The van der Waals surface area contributed by atoms with E-state index in [1.807, 2.05) is 24.3 Å². The number of hydrogen-bond donors (Lipinski definition) is 1. The third-order valence-corrected chi connectivity index (χ3v) is 3.96. The molecular weight excluding hydrogens is 294 g/mol. The van der Waals surface area contributed by atoms with Crippen molar-refractivity contribution in [3.05, 3.63) is 64.2 Å². The number of anilines is 2. The van der Waals surface area contributed by atoms with Crippen molar-refractivity contribution in [2.45, 2.75) is 19.4 Å². The van der Waals surface area contributed by atoms with E-state index in [0.717, 1.165) is 12.1 Å². The van der Waals surface area contributed by atoms with Crippen molar-refractivity contribution in [2.24, 2.45) is 0 Å². The number of hydrogen-bond acceptors (Lipinski definition) is 4. The van der Waals surface area contributed by atoms with Crippen LogP contribution in [0, 0.1) is 10.1 Å². The zero-order chi connectivity index (χ0) is 16.4. The van der Waals surface area contributed by atoms with Crippen LogP contribution in [0.25, 0.3) is 0 Å². The summed E-state index contributed by atoms with van der Waals surface area (Å²) in [5.41, 5.74) is 2.68. The van der Waals surface area contributed by atoms with E-state index in [-0.39, 0.29) is 11.6 Å². The Balaban J connectivity index is 1.74. The van der Waals surface area contributed by atoms with Gasteiger partial charge in [0, 0.05) is 30.1 Å². The Morgan fingerprint density at radius 3 is 2.83 bits per heavy atom. The van der Waals surface area contributed by atoms with Crippen molar-refractivity contribution in [1.82, 2.24) is 0 Å². The molecule has 1 N–H and O–H groups in total. The van der Waals surface area contributed by atoms with Crippen LogP contribution in [0.2, 0.25) is 0 Å². The van der Waals surface area contributed by atoms with Crippen LogP contribution in [0.3, 0.4) is 0 Å². The second kappa shape index (κ2) is 6.08. The summed E-state index contributed by atoms with van der Waals surface area (Å²) in [5, 5.41) is 13.9. The monoisotopic (exact) mass is 311 g/mol. The lowest BCUT2D eigenvalue weighted by Gasteiger charge is -2.23. The number of amides is 1. The molecule has 1 aliphatic heterocycles. The fourth-order valence-electron chi connectivity index (χ4n) is 2.82. The molecule has 0 spiro atoms. The first-order valence-electron chi connectivity index (χ1n) is 7.46. The van der Waals surface area contributed by atoms with E-state index in [9.17, 15) is 14.9 Å². The van der Waals surface area contributed by atoms with Crippen LogP contribution in [-0.4, -0.2) is 23.4 Å². The van der Waals surface area contributed by atoms with Gasteiger partial charge in [0.15, 0.2) is 0 Å². The number of non-ortho nitro benzene ring substituents is 1. The second-order valence-electron chi connectivity index (χ2n) is 5.54. The summed E-state index contributed by atoms with van der Waals surface area (Å²) < 4.78 is 0. The lowest BCUT2D eigenvalue weighted by molar-refractivity contribution is -0.384. The molecule has 3 rings (SSSR count). The Hall–Kier alpha value is -2.89. The Morgan fingerprint density at radius 2 is 2.04 bits per heavy atom. The number of nitrogens with one attached hydrogen (secondary N) is 1. The number of fused-ring (bicyclic) bond motifs is 1. The van der Waals surface area contributed by atoms with Gasteiger partial charge in [0.25, 0.3) is 5.69 Å². The van der Waals surface area contributed by atoms with E-state index in [2.05, 4.69) is 5.32 Å². The molecule has 118 valence electrons. The van der Waals surface area contributed by atoms with Crippen molar-refractivity contribution in [2.75, 3.05) is 16.8 Å². The van der Waals surface area contributed by atoms with Gasteiger partial charge in [-0.15, -0.1) is 0 Å². The zero-order valence-electron chi connectivity index (χ0n) is 12.7. The largest absolute Gasteiger partial charge is 0.374 e. The van der Waals surface area contributed by atoms with Crippen molar-refractivity contribution in [1.29, 1.82) is 0 Å². The molecule has 1 atom stereocenters. The summed E-state index contributed by atoms with van der Waals surface area (Å²) in [4.78, 5) is 24.8. The molecule has 1 aliphatic rings. The van der Waals surface area contributed by atoms with Gasteiger partial charge in [-0.05, 0) is 31.0 Å². The van der Waals surface area contributed by atoms with Crippen LogP contribution in [0.1, 0.15) is 12.5 Å². The molecule has 23 heavy (non-hydrogen) atoms. The highest BCUT2D eigenvalue weighted by atomic mass is 16.6. The standard InChI is InChI=1S/C17H17N3O3/c1-12(18-14-6-4-7-15(11-14)20(22)23)17(21)19-10-9-13-5-2-3-8-16(13)19/h2-8,11-12,18H,9-10H2,1H3/t12-/m1/s1. The van der Waals surface area contributed by atoms with Gasteiger partial charge in [-0.25, -0.2) is 0 Å². The lowest BCUT2D eigenvalue weighted by Crippen LogP contribution is -2.40. The fraction of sp³-hybridized carbons (Fsp3) is 0.235. The average Bonchev–Trinajstić information content (AvgIpc) is 2.98. The minimum atomic E-state index is -0.469. The van der Waals surface area contributed by atoms with Crippen molar-refractivity contribution >= 4 is 23.0 Å². The minimum Gasteiger partial charge on any atom is -0.374 e. The number of nitro benzene ring substituents is 1. The predicted octanol–water partition coefficient (Wildman–Crippen LogP) is 2.98. The molecule has 0 radical (unpaired) electrons. The maximum Gasteiger partial charge on any atom is 0.271 e. The molecule has 0 fully saturated rings. The van der Waals surface area contributed by atoms with Gasteiger partial charge in [0.2, 0.25) is 5.91 Å². The van der Waals surface area contributed by atoms with Crippen LogP contribution in [0.5, 0.6) is 0 Å². The summed E-state index contributed by atoms with van der Waals surface area (Å²) >= 11 is 0. The molecule has 2 aromatic rings. The highest BCUT2D eigenvalue weighted by Gasteiger charge is 2.27. The molecular formula is C17H17N3O3. The Bertz CT molecular complexity index is 760. The molecule has 6 heteroatoms. The summed E-state index contributed by atoms with van der Waals surface area (Å²) in [5.74, 6) is -0.0403. The first-order chi connectivity index (χ1) is 11.1. The van der Waals surface area contributed by atoms with E-state index in [0.29, 0.717) is 12.2 Å². The van der Waals surface area contributed by atoms with E-state index < -0.39 is 11.0 Å². The molecule has 6 nitrogen and oxygen atoms in total. The summed E-state index contributed by atoms with van der Waals surface area (Å²) in [6.45, 7) is 2.43. The van der Waals surface area contributed by atoms with Gasteiger partial charge in [0.1, 0.15) is 6.04 Å². The fourth-order valence-corrected chi connectivity index (χ4v) is 2.82. The number of nitro groups is 1. The summed E-state index contributed by atoms with van der Waals surface area (Å²) in [7, 11) is 0. The van der Waals surface area contributed by atoms with Crippen LogP contribution >= 0.6 is 0 Å². The van der Waals surface area contributed by atoms with E-state index in [4.69, 9.17) is 0 Å². The highest BCUT2D eigenvalue weighted by molar-refractivity contribution is 6.00. The smallest absolute Gasteiger partial charge is 0.271 e. The van der Waals surface area contributed by atoms with E-state index >= 15 is 0 Å². The number of rotatable bonds is 4. The molecule has 1 heterocycles. The maximum atomic E-state index is 12.7. The first-order valence-corrected chi connectivity index (χ1v) is 7.46. The van der Waals surface area contributed by atoms with Crippen LogP contribution < -0.4 is 10.2 Å². The second-order valence-corrected chi connectivity index (χ2v) is 5.54. The summed E-state index contributed by atoms with van der Waals surface area (Å²) in [6, 6.07) is 13.6.